The van der Waals surface area contributed by atoms with Crippen molar-refractivity contribution in [1.29, 1.82) is 0 Å². The number of unbranched alkanes of at least 4 members (excludes halogenated alkanes) is 8. The number of hydrogen-bond donors (Lipinski definition) is 0. The maximum absolute atomic E-state index is 3.75. The number of rotatable bonds is 13. The normalized spacial score (nSPS) is 11.3. The summed E-state index contributed by atoms with van der Waals surface area (Å²) in [6, 6.07) is 0. The molecule has 1 atom stereocenters. The van der Waals surface area contributed by atoms with E-state index in [9.17, 15) is 0 Å². The molecule has 0 amide bonds. The van der Waals surface area contributed by atoms with E-state index in [2.05, 4.69) is 13.5 Å². The zero-order valence-corrected chi connectivity index (χ0v) is 12.3. The average Bonchev–Trinajstić information content (AvgIpc) is 2.31. The molecule has 0 heterocycles. The van der Waals surface area contributed by atoms with Crippen LogP contribution in [0, 0.1) is 0 Å². The van der Waals surface area contributed by atoms with E-state index in [1.807, 2.05) is 6.08 Å². The molecule has 0 fully saturated rings. The van der Waals surface area contributed by atoms with Gasteiger partial charge in [-0.15, -0.1) is 15.2 Å². The van der Waals surface area contributed by atoms with Gasteiger partial charge in [0.2, 0.25) is 0 Å². The second-order valence-corrected chi connectivity index (χ2v) is 6.16. The molecule has 0 saturated heterocycles. The fraction of sp³-hybridized carbons (Fsp3) is 0.867. The van der Waals surface area contributed by atoms with Gasteiger partial charge in [0.1, 0.15) is 0 Å². The Kier molecular flexibility index (Phi) is 15.3. The minimum atomic E-state index is 1.21. The smallest absolute Gasteiger partial charge is 0.0353 e. The van der Waals surface area contributed by atoms with Crippen LogP contribution >= 0.6 is 8.58 Å². The standard InChI is InChI=1S/C15H31P/c1-3-5-7-9-11-13-15-16-14-12-10-8-6-4-2/h4,16H,2-3,5-15H2,1H3. The lowest BCUT2D eigenvalue weighted by Gasteiger charge is -2.02. The summed E-state index contributed by atoms with van der Waals surface area (Å²) >= 11 is 0. The fourth-order valence-corrected chi connectivity index (χ4v) is 3.12. The van der Waals surface area contributed by atoms with Crippen LogP contribution in [-0.2, 0) is 0 Å². The zero-order chi connectivity index (χ0) is 11.9. The lowest BCUT2D eigenvalue weighted by atomic mass is 10.1. The lowest BCUT2D eigenvalue weighted by Crippen LogP contribution is -1.84. The minimum Gasteiger partial charge on any atom is -0.122 e. The topological polar surface area (TPSA) is 0 Å². The molecular formula is C15H31P. The molecule has 0 nitrogen and oxygen atoms in total. The quantitative estimate of drug-likeness (QED) is 0.218. The largest absolute Gasteiger partial charge is 0.122 e. The van der Waals surface area contributed by atoms with E-state index in [0.717, 1.165) is 0 Å². The lowest BCUT2D eigenvalue weighted by molar-refractivity contribution is 0.626. The predicted octanol–water partition coefficient (Wildman–Crippen LogP) is 5.77. The van der Waals surface area contributed by atoms with E-state index in [-0.39, 0.29) is 0 Å². The molecule has 0 spiro atoms. The first-order valence-electron chi connectivity index (χ1n) is 7.23. The zero-order valence-electron chi connectivity index (χ0n) is 11.3. The minimum absolute atomic E-state index is 1.21. The Morgan fingerprint density at radius 3 is 2.00 bits per heavy atom. The van der Waals surface area contributed by atoms with Crippen molar-refractivity contribution in [2.75, 3.05) is 12.3 Å². The first kappa shape index (κ1) is 16.2. The van der Waals surface area contributed by atoms with E-state index in [4.69, 9.17) is 0 Å². The summed E-state index contributed by atoms with van der Waals surface area (Å²) in [5.41, 5.74) is 0. The molecule has 0 bridgehead atoms. The Bertz CT molecular complexity index is 131. The first-order valence-corrected chi connectivity index (χ1v) is 8.64. The van der Waals surface area contributed by atoms with Crippen LogP contribution in [0.25, 0.3) is 0 Å². The summed E-state index contributed by atoms with van der Waals surface area (Å²) in [4.78, 5) is 0. The summed E-state index contributed by atoms with van der Waals surface area (Å²) in [6.45, 7) is 6.04. The Morgan fingerprint density at radius 2 is 1.38 bits per heavy atom. The molecule has 0 saturated carbocycles. The van der Waals surface area contributed by atoms with Crippen molar-refractivity contribution in [3.63, 3.8) is 0 Å². The van der Waals surface area contributed by atoms with Crippen LogP contribution in [0.1, 0.15) is 71.1 Å². The van der Waals surface area contributed by atoms with E-state index in [1.54, 1.807) is 0 Å². The Morgan fingerprint density at radius 1 is 0.812 bits per heavy atom. The molecule has 16 heavy (non-hydrogen) atoms. The van der Waals surface area contributed by atoms with Crippen molar-refractivity contribution in [1.82, 2.24) is 0 Å². The Hall–Kier alpha value is 0.170. The third-order valence-corrected chi connectivity index (χ3v) is 4.38. The third kappa shape index (κ3) is 14.2. The molecule has 1 unspecified atom stereocenters. The van der Waals surface area contributed by atoms with Crippen molar-refractivity contribution >= 4 is 8.58 Å². The summed E-state index contributed by atoms with van der Waals surface area (Å²) in [6.07, 6.45) is 19.1. The second-order valence-electron chi connectivity index (χ2n) is 4.66. The molecule has 0 radical (unpaired) electrons. The molecule has 0 N–H and O–H groups in total. The first-order chi connectivity index (χ1) is 7.91. The Labute approximate surface area is 105 Å². The van der Waals surface area contributed by atoms with Crippen LogP contribution in [0.4, 0.5) is 0 Å². The maximum Gasteiger partial charge on any atom is -0.0353 e. The SMILES string of the molecule is C=CCCCCCPCCCCCCCC. The van der Waals surface area contributed by atoms with Crippen LogP contribution in [0.15, 0.2) is 12.7 Å². The molecule has 0 rings (SSSR count). The van der Waals surface area contributed by atoms with E-state index < -0.39 is 0 Å². The molecule has 96 valence electrons. The highest BCUT2D eigenvalue weighted by Gasteiger charge is 1.92. The summed E-state index contributed by atoms with van der Waals surface area (Å²) < 4.78 is 0. The number of allylic oxidation sites excluding steroid dienone is 1. The summed E-state index contributed by atoms with van der Waals surface area (Å²) in [7, 11) is 1.23. The highest BCUT2D eigenvalue weighted by molar-refractivity contribution is 7.37. The molecular weight excluding hydrogens is 211 g/mol. The van der Waals surface area contributed by atoms with Gasteiger partial charge in [0.15, 0.2) is 0 Å². The van der Waals surface area contributed by atoms with Crippen molar-refractivity contribution in [2.24, 2.45) is 0 Å². The van der Waals surface area contributed by atoms with Gasteiger partial charge in [-0.3, -0.25) is 0 Å². The summed E-state index contributed by atoms with van der Waals surface area (Å²) in [5, 5.41) is 0. The van der Waals surface area contributed by atoms with Gasteiger partial charge in [0, 0.05) is 0 Å². The third-order valence-electron chi connectivity index (χ3n) is 2.97. The molecule has 0 aliphatic rings. The van der Waals surface area contributed by atoms with Gasteiger partial charge in [-0.05, 0) is 38.0 Å². The molecule has 0 aromatic carbocycles. The van der Waals surface area contributed by atoms with Crippen molar-refractivity contribution in [3.05, 3.63) is 12.7 Å². The number of hydrogen-bond acceptors (Lipinski definition) is 0. The maximum atomic E-state index is 3.75. The molecule has 0 aromatic heterocycles. The van der Waals surface area contributed by atoms with Gasteiger partial charge < -0.3 is 0 Å². The van der Waals surface area contributed by atoms with Crippen LogP contribution < -0.4 is 0 Å². The molecule has 1 heteroatoms. The summed E-state index contributed by atoms with van der Waals surface area (Å²) in [5.74, 6) is 0. The monoisotopic (exact) mass is 242 g/mol. The van der Waals surface area contributed by atoms with Gasteiger partial charge in [-0.1, -0.05) is 51.5 Å². The van der Waals surface area contributed by atoms with Crippen molar-refractivity contribution in [2.45, 2.75) is 71.1 Å². The van der Waals surface area contributed by atoms with Gasteiger partial charge >= 0.3 is 0 Å². The van der Waals surface area contributed by atoms with Crippen LogP contribution in [0.3, 0.4) is 0 Å². The second kappa shape index (κ2) is 15.2. The van der Waals surface area contributed by atoms with Crippen LogP contribution in [0.5, 0.6) is 0 Å². The van der Waals surface area contributed by atoms with Gasteiger partial charge in [0.25, 0.3) is 0 Å². The van der Waals surface area contributed by atoms with Crippen molar-refractivity contribution < 1.29 is 0 Å². The Balaban J connectivity index is 2.85. The van der Waals surface area contributed by atoms with E-state index >= 15 is 0 Å². The fourth-order valence-electron chi connectivity index (χ4n) is 1.87. The van der Waals surface area contributed by atoms with Crippen LogP contribution in [-0.4, -0.2) is 12.3 Å². The van der Waals surface area contributed by atoms with Gasteiger partial charge in [0.05, 0.1) is 0 Å². The highest BCUT2D eigenvalue weighted by Crippen LogP contribution is 2.17. The van der Waals surface area contributed by atoms with Gasteiger partial charge in [-0.2, -0.15) is 0 Å². The van der Waals surface area contributed by atoms with Gasteiger partial charge in [-0.25, -0.2) is 0 Å². The molecule has 0 aliphatic carbocycles. The van der Waals surface area contributed by atoms with Crippen molar-refractivity contribution in [3.8, 4) is 0 Å². The molecule has 0 aliphatic heterocycles. The van der Waals surface area contributed by atoms with E-state index in [0.29, 0.717) is 0 Å². The highest BCUT2D eigenvalue weighted by atomic mass is 31.1. The predicted molar refractivity (Wildman–Crippen MR) is 80.1 cm³/mol. The average molecular weight is 242 g/mol. The van der Waals surface area contributed by atoms with E-state index in [1.165, 1.54) is 85.1 Å². The van der Waals surface area contributed by atoms with Crippen LogP contribution in [0.2, 0.25) is 0 Å². The molecule has 0 aromatic rings.